The molecule has 7 N–H and O–H groups in total. The maximum atomic E-state index is 13.3. The summed E-state index contributed by atoms with van der Waals surface area (Å²) in [4.78, 5) is 53.7. The van der Waals surface area contributed by atoms with Crippen molar-refractivity contribution in [1.29, 1.82) is 0 Å². The fourth-order valence-corrected chi connectivity index (χ4v) is 4.64. The monoisotopic (exact) mass is 586 g/mol. The van der Waals surface area contributed by atoms with E-state index in [1.165, 1.54) is 4.90 Å². The summed E-state index contributed by atoms with van der Waals surface area (Å²) in [5.74, 6) is -1.12. The summed E-state index contributed by atoms with van der Waals surface area (Å²) in [6.07, 6.45) is 0.839. The molecule has 43 heavy (non-hydrogen) atoms. The Labute approximate surface area is 253 Å². The predicted octanol–water partition coefficient (Wildman–Crippen LogP) is 1.38. The number of benzene rings is 3. The molecule has 0 aliphatic heterocycles. The smallest absolute Gasteiger partial charge is 0.242 e. The van der Waals surface area contributed by atoms with Crippen LogP contribution in [0, 0.1) is 0 Å². The van der Waals surface area contributed by atoms with E-state index in [2.05, 4.69) is 16.0 Å². The van der Waals surface area contributed by atoms with Gasteiger partial charge >= 0.3 is 0 Å². The third kappa shape index (κ3) is 10.4. The molecule has 0 fully saturated rings. The van der Waals surface area contributed by atoms with Crippen LogP contribution in [0.1, 0.15) is 39.9 Å². The molecule has 0 saturated heterocycles. The van der Waals surface area contributed by atoms with Gasteiger partial charge in [-0.15, -0.1) is 0 Å². The van der Waals surface area contributed by atoms with Crippen LogP contribution in [0.2, 0.25) is 0 Å². The van der Waals surface area contributed by atoms with E-state index in [1.54, 1.807) is 43.4 Å². The fraction of sp³-hybridized carbons (Fsp3) is 0.333. The third-order valence-electron chi connectivity index (χ3n) is 7.11. The van der Waals surface area contributed by atoms with Gasteiger partial charge in [-0.25, -0.2) is 0 Å². The second kappa shape index (κ2) is 17.5. The van der Waals surface area contributed by atoms with Crippen LogP contribution in [-0.2, 0) is 27.3 Å². The van der Waals surface area contributed by atoms with E-state index in [1.807, 2.05) is 48.5 Å². The topological polar surface area (TPSA) is 160 Å². The second-order valence-corrected chi connectivity index (χ2v) is 10.2. The number of amides is 3. The van der Waals surface area contributed by atoms with Crippen molar-refractivity contribution in [3.05, 3.63) is 107 Å². The quantitative estimate of drug-likeness (QED) is 0.149. The number of ketones is 1. The second-order valence-electron chi connectivity index (χ2n) is 10.2. The average molecular weight is 587 g/mol. The number of carbonyl (C=O) groups is 4. The summed E-state index contributed by atoms with van der Waals surface area (Å²) in [7, 11) is 1.60. The predicted molar refractivity (Wildman–Crippen MR) is 167 cm³/mol. The van der Waals surface area contributed by atoms with E-state index in [-0.39, 0.29) is 43.7 Å². The van der Waals surface area contributed by atoms with Gasteiger partial charge in [-0.2, -0.15) is 0 Å². The summed E-state index contributed by atoms with van der Waals surface area (Å²) in [6, 6.07) is 24.1. The lowest BCUT2D eigenvalue weighted by Gasteiger charge is -2.25. The van der Waals surface area contributed by atoms with Crippen molar-refractivity contribution < 1.29 is 19.2 Å². The van der Waals surface area contributed by atoms with Gasteiger partial charge in [0.15, 0.2) is 5.78 Å². The zero-order chi connectivity index (χ0) is 31.0. The standard InChI is InChI=1S/C33H42N6O4/c1-36-29(22-30(40)39(20-18-34)21-19-35)33(43)38-28(17-14-24-8-4-2-5-9-24)32(42)37-23-25-12-15-27(16-13-25)31(41)26-10-6-3-7-11-26/h2-13,15-16,28-29,36H,14,17-23,34-35H2,1H3,(H,37,42)(H,38,43). The van der Waals surface area contributed by atoms with E-state index >= 15 is 0 Å². The van der Waals surface area contributed by atoms with Crippen molar-refractivity contribution in [2.75, 3.05) is 33.2 Å². The summed E-state index contributed by atoms with van der Waals surface area (Å²) in [6.45, 7) is 1.48. The van der Waals surface area contributed by atoms with Gasteiger partial charge in [0.2, 0.25) is 17.7 Å². The first-order chi connectivity index (χ1) is 20.9. The van der Waals surface area contributed by atoms with Crippen LogP contribution >= 0.6 is 0 Å². The van der Waals surface area contributed by atoms with Crippen LogP contribution in [-0.4, -0.2) is 73.7 Å². The van der Waals surface area contributed by atoms with Gasteiger partial charge in [-0.1, -0.05) is 84.9 Å². The van der Waals surface area contributed by atoms with Crippen molar-refractivity contribution in [3.8, 4) is 0 Å². The molecule has 0 aliphatic rings. The molecule has 2 unspecified atom stereocenters. The SMILES string of the molecule is CNC(CC(=O)N(CCN)CCN)C(=O)NC(CCc1ccccc1)C(=O)NCc1ccc(C(=O)c2ccccc2)cc1. The van der Waals surface area contributed by atoms with Crippen molar-refractivity contribution in [2.45, 2.75) is 37.9 Å². The van der Waals surface area contributed by atoms with Crippen LogP contribution in [0.25, 0.3) is 0 Å². The first-order valence-electron chi connectivity index (χ1n) is 14.5. The van der Waals surface area contributed by atoms with Gasteiger partial charge in [0.1, 0.15) is 6.04 Å². The number of nitrogens with zero attached hydrogens (tertiary/aromatic N) is 1. The van der Waals surface area contributed by atoms with Crippen molar-refractivity contribution in [3.63, 3.8) is 0 Å². The van der Waals surface area contributed by atoms with E-state index in [0.717, 1.165) is 11.1 Å². The van der Waals surface area contributed by atoms with Gasteiger partial charge in [-0.3, -0.25) is 19.2 Å². The summed E-state index contributed by atoms with van der Waals surface area (Å²) >= 11 is 0. The molecule has 0 saturated carbocycles. The minimum Gasteiger partial charge on any atom is -0.350 e. The molecule has 0 bridgehead atoms. The van der Waals surface area contributed by atoms with Crippen LogP contribution in [0.15, 0.2) is 84.9 Å². The van der Waals surface area contributed by atoms with E-state index < -0.39 is 18.0 Å². The van der Waals surface area contributed by atoms with Gasteiger partial charge in [0.05, 0.1) is 12.5 Å². The Morgan fingerprint density at radius 3 is 1.88 bits per heavy atom. The van der Waals surface area contributed by atoms with Gasteiger partial charge < -0.3 is 32.3 Å². The number of rotatable bonds is 17. The lowest BCUT2D eigenvalue weighted by Crippen LogP contribution is -2.53. The van der Waals surface area contributed by atoms with Crippen LogP contribution in [0.4, 0.5) is 0 Å². The molecule has 0 heterocycles. The molecule has 10 nitrogen and oxygen atoms in total. The summed E-state index contributed by atoms with van der Waals surface area (Å²) < 4.78 is 0. The van der Waals surface area contributed by atoms with Crippen molar-refractivity contribution >= 4 is 23.5 Å². The first-order valence-corrected chi connectivity index (χ1v) is 14.5. The molecule has 3 aromatic rings. The Morgan fingerprint density at radius 1 is 0.721 bits per heavy atom. The van der Waals surface area contributed by atoms with Crippen molar-refractivity contribution in [2.24, 2.45) is 11.5 Å². The Hall–Kier alpha value is -4.38. The van der Waals surface area contributed by atoms with Crippen LogP contribution in [0.3, 0.4) is 0 Å². The zero-order valence-electron chi connectivity index (χ0n) is 24.6. The number of hydrogen-bond acceptors (Lipinski definition) is 7. The highest BCUT2D eigenvalue weighted by atomic mass is 16.2. The first kappa shape index (κ1) is 33.1. The Kier molecular flexibility index (Phi) is 13.5. The minimum atomic E-state index is -0.840. The Balaban J connectivity index is 1.65. The number of carbonyl (C=O) groups excluding carboxylic acids is 4. The molecular weight excluding hydrogens is 544 g/mol. The minimum absolute atomic E-state index is 0.0772. The maximum absolute atomic E-state index is 13.3. The Bertz CT molecular complexity index is 1310. The van der Waals surface area contributed by atoms with Gasteiger partial charge in [0, 0.05) is 43.9 Å². The molecule has 0 aliphatic carbocycles. The highest BCUT2D eigenvalue weighted by Crippen LogP contribution is 2.12. The molecule has 3 aromatic carbocycles. The van der Waals surface area contributed by atoms with Gasteiger partial charge in [-0.05, 0) is 31.0 Å². The third-order valence-corrected chi connectivity index (χ3v) is 7.11. The number of hydrogen-bond donors (Lipinski definition) is 5. The fourth-order valence-electron chi connectivity index (χ4n) is 4.64. The number of likely N-dealkylation sites (N-methyl/N-ethyl adjacent to an activating group) is 1. The van der Waals surface area contributed by atoms with Crippen molar-refractivity contribution in [1.82, 2.24) is 20.9 Å². The number of aryl methyl sites for hydroxylation is 1. The molecule has 2 atom stereocenters. The molecule has 0 aromatic heterocycles. The average Bonchev–Trinajstić information content (AvgIpc) is 3.04. The zero-order valence-corrected chi connectivity index (χ0v) is 24.6. The van der Waals surface area contributed by atoms with E-state index in [4.69, 9.17) is 11.5 Å². The van der Waals surface area contributed by atoms with Crippen LogP contribution in [0.5, 0.6) is 0 Å². The van der Waals surface area contributed by atoms with Gasteiger partial charge in [0.25, 0.3) is 0 Å². The molecule has 10 heteroatoms. The lowest BCUT2D eigenvalue weighted by molar-refractivity contribution is -0.135. The number of nitrogens with two attached hydrogens (primary N) is 2. The molecular formula is C33H42N6O4. The largest absolute Gasteiger partial charge is 0.350 e. The molecule has 0 spiro atoms. The lowest BCUT2D eigenvalue weighted by atomic mass is 10.0. The molecule has 3 rings (SSSR count). The van der Waals surface area contributed by atoms with E-state index in [9.17, 15) is 19.2 Å². The Morgan fingerprint density at radius 2 is 1.30 bits per heavy atom. The highest BCUT2D eigenvalue weighted by molar-refractivity contribution is 6.08. The maximum Gasteiger partial charge on any atom is 0.242 e. The van der Waals surface area contributed by atoms with E-state index in [0.29, 0.717) is 37.1 Å². The normalized spacial score (nSPS) is 12.2. The summed E-state index contributed by atoms with van der Waals surface area (Å²) in [5, 5.41) is 8.65. The summed E-state index contributed by atoms with van der Waals surface area (Å²) in [5.41, 5.74) is 14.3. The molecule has 0 radical (unpaired) electrons. The molecule has 3 amide bonds. The van der Waals surface area contributed by atoms with Crippen LogP contribution < -0.4 is 27.4 Å². The highest BCUT2D eigenvalue weighted by Gasteiger charge is 2.27. The molecule has 228 valence electrons. The number of nitrogens with one attached hydrogen (secondary N) is 3.